The van der Waals surface area contributed by atoms with Crippen LogP contribution in [0.4, 0.5) is 0 Å². The summed E-state index contributed by atoms with van der Waals surface area (Å²) in [5.74, 6) is -0.255. The number of hydrogen-bond acceptors (Lipinski definition) is 3. The molecule has 0 fully saturated rings. The standard InChI is InChI=1S/C23H19N3O2/c27-22(24-15-17-6-2-1-3-7-17)16-26-23(28)13-12-21(25-26)20-11-10-18-8-4-5-9-19(18)14-20/h1-14H,15-16H2,(H,24,27). The van der Waals surface area contributed by atoms with Crippen LogP contribution < -0.4 is 10.9 Å². The third-order valence-corrected chi connectivity index (χ3v) is 4.54. The Balaban J connectivity index is 1.53. The van der Waals surface area contributed by atoms with E-state index in [1.165, 1.54) is 10.7 Å². The Kier molecular flexibility index (Phi) is 4.97. The van der Waals surface area contributed by atoms with Crippen LogP contribution in [-0.4, -0.2) is 15.7 Å². The molecule has 0 spiro atoms. The maximum atomic E-state index is 12.2. The molecule has 4 aromatic rings. The molecular weight excluding hydrogens is 350 g/mol. The summed E-state index contributed by atoms with van der Waals surface area (Å²) < 4.78 is 1.20. The molecule has 3 aromatic carbocycles. The fourth-order valence-corrected chi connectivity index (χ4v) is 3.05. The lowest BCUT2D eigenvalue weighted by Crippen LogP contribution is -2.33. The van der Waals surface area contributed by atoms with Gasteiger partial charge in [0, 0.05) is 18.2 Å². The predicted octanol–water partition coefficient (Wildman–Crippen LogP) is 3.38. The molecule has 0 atom stereocenters. The van der Waals surface area contributed by atoms with E-state index in [1.807, 2.05) is 72.8 Å². The van der Waals surface area contributed by atoms with Gasteiger partial charge in [-0.05, 0) is 28.5 Å². The van der Waals surface area contributed by atoms with E-state index in [0.717, 1.165) is 21.9 Å². The van der Waals surface area contributed by atoms with Crippen molar-refractivity contribution in [1.82, 2.24) is 15.1 Å². The Morgan fingerprint density at radius 2 is 1.61 bits per heavy atom. The number of carbonyl (C=O) groups excluding carboxylic acids is 1. The van der Waals surface area contributed by atoms with Crippen molar-refractivity contribution < 1.29 is 4.79 Å². The van der Waals surface area contributed by atoms with Crippen molar-refractivity contribution in [2.45, 2.75) is 13.1 Å². The van der Waals surface area contributed by atoms with E-state index in [1.54, 1.807) is 6.07 Å². The molecule has 0 aliphatic carbocycles. The molecule has 4 rings (SSSR count). The van der Waals surface area contributed by atoms with Crippen LogP contribution in [0.3, 0.4) is 0 Å². The van der Waals surface area contributed by atoms with Crippen LogP contribution in [0, 0.1) is 0 Å². The highest BCUT2D eigenvalue weighted by molar-refractivity contribution is 5.86. The number of hydrogen-bond donors (Lipinski definition) is 1. The summed E-state index contributed by atoms with van der Waals surface area (Å²) in [4.78, 5) is 24.4. The number of nitrogens with one attached hydrogen (secondary N) is 1. The average molecular weight is 369 g/mol. The van der Waals surface area contributed by atoms with Gasteiger partial charge >= 0.3 is 0 Å². The van der Waals surface area contributed by atoms with Gasteiger partial charge in [0.15, 0.2) is 0 Å². The first-order valence-electron chi connectivity index (χ1n) is 9.07. The minimum atomic E-state index is -0.306. The van der Waals surface area contributed by atoms with Crippen molar-refractivity contribution in [3.05, 3.63) is 101 Å². The van der Waals surface area contributed by atoms with Gasteiger partial charge in [-0.25, -0.2) is 4.68 Å². The van der Waals surface area contributed by atoms with Gasteiger partial charge in [0.1, 0.15) is 6.54 Å². The van der Waals surface area contributed by atoms with Crippen LogP contribution in [0.2, 0.25) is 0 Å². The third kappa shape index (κ3) is 3.99. The van der Waals surface area contributed by atoms with E-state index < -0.39 is 0 Å². The molecule has 0 radical (unpaired) electrons. The molecule has 1 aromatic heterocycles. The van der Waals surface area contributed by atoms with E-state index in [9.17, 15) is 9.59 Å². The SMILES string of the molecule is O=C(Cn1nc(-c2ccc3ccccc3c2)ccc1=O)NCc1ccccc1. The largest absolute Gasteiger partial charge is 0.350 e. The summed E-state index contributed by atoms with van der Waals surface area (Å²) in [5, 5.41) is 9.44. The Labute approximate surface area is 162 Å². The normalized spacial score (nSPS) is 10.7. The molecule has 1 N–H and O–H groups in total. The lowest BCUT2D eigenvalue weighted by molar-refractivity contribution is -0.122. The van der Waals surface area contributed by atoms with Crippen molar-refractivity contribution in [3.8, 4) is 11.3 Å². The van der Waals surface area contributed by atoms with Gasteiger partial charge in [-0.15, -0.1) is 0 Å². The van der Waals surface area contributed by atoms with Gasteiger partial charge in [-0.3, -0.25) is 9.59 Å². The van der Waals surface area contributed by atoms with Crippen LogP contribution in [0.15, 0.2) is 89.7 Å². The van der Waals surface area contributed by atoms with Gasteiger partial charge in [0.25, 0.3) is 5.56 Å². The predicted molar refractivity (Wildman–Crippen MR) is 110 cm³/mol. The topological polar surface area (TPSA) is 64.0 Å². The quantitative estimate of drug-likeness (QED) is 0.587. The van der Waals surface area contributed by atoms with Crippen molar-refractivity contribution in [2.24, 2.45) is 0 Å². The number of fused-ring (bicyclic) bond motifs is 1. The molecule has 28 heavy (non-hydrogen) atoms. The molecular formula is C23H19N3O2. The van der Waals surface area contributed by atoms with Crippen molar-refractivity contribution in [2.75, 3.05) is 0 Å². The molecule has 0 saturated carbocycles. The highest BCUT2D eigenvalue weighted by Gasteiger charge is 2.08. The molecule has 0 bridgehead atoms. The monoisotopic (exact) mass is 369 g/mol. The van der Waals surface area contributed by atoms with Crippen molar-refractivity contribution in [1.29, 1.82) is 0 Å². The highest BCUT2D eigenvalue weighted by atomic mass is 16.2. The van der Waals surface area contributed by atoms with E-state index >= 15 is 0 Å². The molecule has 1 amide bonds. The number of amides is 1. The van der Waals surface area contributed by atoms with Crippen molar-refractivity contribution >= 4 is 16.7 Å². The number of nitrogens with zero attached hydrogens (tertiary/aromatic N) is 2. The molecule has 5 heteroatoms. The van der Waals surface area contributed by atoms with E-state index in [4.69, 9.17) is 0 Å². The van der Waals surface area contributed by atoms with Crippen LogP contribution in [0.25, 0.3) is 22.0 Å². The average Bonchev–Trinajstić information content (AvgIpc) is 2.74. The maximum absolute atomic E-state index is 12.2. The summed E-state index contributed by atoms with van der Waals surface area (Å²) in [7, 11) is 0. The molecule has 1 heterocycles. The Morgan fingerprint density at radius 1 is 0.857 bits per heavy atom. The van der Waals surface area contributed by atoms with E-state index in [-0.39, 0.29) is 18.0 Å². The second-order valence-electron chi connectivity index (χ2n) is 6.54. The number of aromatic nitrogens is 2. The smallest absolute Gasteiger partial charge is 0.267 e. The molecule has 5 nitrogen and oxygen atoms in total. The Bertz CT molecular complexity index is 1180. The Morgan fingerprint density at radius 3 is 2.43 bits per heavy atom. The number of rotatable bonds is 5. The van der Waals surface area contributed by atoms with Gasteiger partial charge < -0.3 is 5.32 Å². The van der Waals surface area contributed by atoms with Crippen LogP contribution in [0.1, 0.15) is 5.56 Å². The fraction of sp³-hybridized carbons (Fsp3) is 0.0870. The number of carbonyl (C=O) groups is 1. The highest BCUT2D eigenvalue weighted by Crippen LogP contribution is 2.22. The molecule has 0 unspecified atom stereocenters. The number of benzene rings is 3. The lowest BCUT2D eigenvalue weighted by Gasteiger charge is -2.09. The molecule has 138 valence electrons. The third-order valence-electron chi connectivity index (χ3n) is 4.54. The summed E-state index contributed by atoms with van der Waals surface area (Å²) in [6, 6.07) is 26.8. The summed E-state index contributed by atoms with van der Waals surface area (Å²) >= 11 is 0. The van der Waals surface area contributed by atoms with Crippen LogP contribution in [0.5, 0.6) is 0 Å². The van der Waals surface area contributed by atoms with E-state index in [0.29, 0.717) is 12.2 Å². The zero-order chi connectivity index (χ0) is 19.3. The van der Waals surface area contributed by atoms with Crippen LogP contribution in [-0.2, 0) is 17.9 Å². The van der Waals surface area contributed by atoms with Gasteiger partial charge in [-0.1, -0.05) is 66.7 Å². The first-order chi connectivity index (χ1) is 13.7. The van der Waals surface area contributed by atoms with Crippen molar-refractivity contribution in [3.63, 3.8) is 0 Å². The van der Waals surface area contributed by atoms with Gasteiger partial charge in [0.2, 0.25) is 5.91 Å². The summed E-state index contributed by atoms with van der Waals surface area (Å²) in [6.45, 7) is 0.297. The fourth-order valence-electron chi connectivity index (χ4n) is 3.05. The summed E-state index contributed by atoms with van der Waals surface area (Å²) in [6.07, 6.45) is 0. The molecule has 0 aliphatic rings. The van der Waals surface area contributed by atoms with Gasteiger partial charge in [-0.2, -0.15) is 5.10 Å². The molecule has 0 aliphatic heterocycles. The first-order valence-corrected chi connectivity index (χ1v) is 9.07. The summed E-state index contributed by atoms with van der Waals surface area (Å²) in [5.41, 5.74) is 2.25. The minimum absolute atomic E-state index is 0.118. The Hall–Kier alpha value is -3.73. The zero-order valence-corrected chi connectivity index (χ0v) is 15.2. The van der Waals surface area contributed by atoms with Crippen LogP contribution >= 0.6 is 0 Å². The maximum Gasteiger partial charge on any atom is 0.267 e. The van der Waals surface area contributed by atoms with Gasteiger partial charge in [0.05, 0.1) is 5.69 Å². The first kappa shape index (κ1) is 17.7. The van der Waals surface area contributed by atoms with E-state index in [2.05, 4.69) is 10.4 Å². The molecule has 0 saturated heterocycles. The zero-order valence-electron chi connectivity index (χ0n) is 15.2. The lowest BCUT2D eigenvalue weighted by atomic mass is 10.1. The second kappa shape index (κ2) is 7.88. The minimum Gasteiger partial charge on any atom is -0.350 e. The second-order valence-corrected chi connectivity index (χ2v) is 6.54.